The zero-order chi connectivity index (χ0) is 29.9. The van der Waals surface area contributed by atoms with Gasteiger partial charge in [0.1, 0.15) is 24.0 Å². The number of esters is 1. The van der Waals surface area contributed by atoms with Crippen molar-refractivity contribution in [2.24, 2.45) is 0 Å². The molecule has 1 saturated heterocycles. The molecule has 1 fully saturated rings. The third-order valence-corrected chi connectivity index (χ3v) is 8.66. The van der Waals surface area contributed by atoms with E-state index in [-0.39, 0.29) is 35.7 Å². The predicted molar refractivity (Wildman–Crippen MR) is 152 cm³/mol. The monoisotopic (exact) mass is 632 g/mol. The summed E-state index contributed by atoms with van der Waals surface area (Å²) < 4.78 is 45.4. The summed E-state index contributed by atoms with van der Waals surface area (Å²) in [6, 6.07) is 7.64. The normalized spacial score (nSPS) is 24.7. The van der Waals surface area contributed by atoms with Gasteiger partial charge in [-0.1, -0.05) is 29.8 Å². The van der Waals surface area contributed by atoms with E-state index in [1.165, 1.54) is 10.9 Å². The minimum atomic E-state index is -3.50. The highest BCUT2D eigenvalue weighted by atomic mass is 35.5. The first kappa shape index (κ1) is 31.3. The molecule has 4 N–H and O–H groups in total. The summed E-state index contributed by atoms with van der Waals surface area (Å²) in [6.45, 7) is 3.04. The highest BCUT2D eigenvalue weighted by Crippen LogP contribution is 2.49. The highest BCUT2D eigenvalue weighted by molar-refractivity contribution is 8.09. The number of aliphatic hydroxyl groups is 1. The summed E-state index contributed by atoms with van der Waals surface area (Å²) in [5.41, 5.74) is 6.09. The Labute approximate surface area is 245 Å². The second kappa shape index (κ2) is 12.7. The van der Waals surface area contributed by atoms with E-state index < -0.39 is 48.8 Å². The van der Waals surface area contributed by atoms with Crippen molar-refractivity contribution >= 4 is 53.1 Å². The summed E-state index contributed by atoms with van der Waals surface area (Å²) in [5, 5.41) is 10.9. The average Bonchev–Trinajstić information content (AvgIpc) is 3.41. The molecule has 0 amide bonds. The highest BCUT2D eigenvalue weighted by Gasteiger charge is 2.58. The second-order valence-corrected chi connectivity index (χ2v) is 13.0. The maximum atomic E-state index is 15.8. The van der Waals surface area contributed by atoms with Crippen LogP contribution in [-0.4, -0.2) is 73.3 Å². The van der Waals surface area contributed by atoms with Crippen molar-refractivity contribution < 1.29 is 37.5 Å². The fraction of sp³-hybridized carbons (Fsp3) is 0.500. The molecule has 17 heteroatoms. The van der Waals surface area contributed by atoms with Gasteiger partial charge >= 0.3 is 12.6 Å². The number of nitrogen functional groups attached to an aromatic ring is 1. The van der Waals surface area contributed by atoms with Gasteiger partial charge in [-0.3, -0.25) is 9.36 Å². The molecular formula is C24H31ClFN6O7PS. The number of ether oxygens (including phenoxy) is 3. The Morgan fingerprint density at radius 1 is 1.34 bits per heavy atom. The Bertz CT molecular complexity index is 1420. The van der Waals surface area contributed by atoms with Crippen molar-refractivity contribution in [1.82, 2.24) is 24.6 Å². The molecule has 1 aromatic carbocycles. The molecule has 1 unspecified atom stereocenters. The summed E-state index contributed by atoms with van der Waals surface area (Å²) in [5.74, 6) is -0.255. The number of rotatable bonds is 12. The van der Waals surface area contributed by atoms with Crippen LogP contribution >= 0.6 is 18.2 Å². The number of anilines is 1. The second-order valence-electron chi connectivity index (χ2n) is 9.32. The van der Waals surface area contributed by atoms with Crippen LogP contribution in [0.5, 0.6) is 11.6 Å². The number of imidazole rings is 1. The van der Waals surface area contributed by atoms with E-state index in [9.17, 15) is 9.90 Å². The molecule has 224 valence electrons. The number of carbonyl (C=O) groups is 1. The Hall–Kier alpha value is -2.65. The zero-order valence-electron chi connectivity index (χ0n) is 22.6. The molecule has 3 heterocycles. The minimum Gasteiger partial charge on any atom is -0.476 e. The fourth-order valence-electron chi connectivity index (χ4n) is 3.93. The van der Waals surface area contributed by atoms with Gasteiger partial charge in [0.25, 0.3) is 5.13 Å². The number of aromatic nitrogens is 4. The van der Waals surface area contributed by atoms with Crippen molar-refractivity contribution in [2.45, 2.75) is 63.4 Å². The summed E-state index contributed by atoms with van der Waals surface area (Å²) in [7, 11) is 0. The van der Waals surface area contributed by atoms with Gasteiger partial charge in [-0.2, -0.15) is 9.97 Å². The first-order chi connectivity index (χ1) is 19.3. The number of hydrogen-bond donors (Lipinski definition) is 3. The van der Waals surface area contributed by atoms with E-state index in [0.717, 1.165) is 0 Å². The number of alkyl halides is 2. The Morgan fingerprint density at radius 3 is 2.71 bits per heavy atom. The van der Waals surface area contributed by atoms with Crippen LogP contribution in [0.25, 0.3) is 11.2 Å². The number of fused-ring (bicyclic) bond motifs is 1. The predicted octanol–water partition coefficient (Wildman–Crippen LogP) is 3.22. The quantitative estimate of drug-likeness (QED) is 0.152. The number of benzene rings is 1. The molecule has 0 spiro atoms. The summed E-state index contributed by atoms with van der Waals surface area (Å²) >= 11 is 11.9. The first-order valence-corrected chi connectivity index (χ1v) is 15.7. The first-order valence-electron chi connectivity index (χ1n) is 12.7. The lowest BCUT2D eigenvalue weighted by molar-refractivity contribution is -0.149. The number of nitrogens with two attached hydrogens (primary N) is 1. The fourth-order valence-corrected chi connectivity index (χ4v) is 6.64. The lowest BCUT2D eigenvalue weighted by Gasteiger charge is -2.28. The van der Waals surface area contributed by atoms with E-state index in [4.69, 9.17) is 52.4 Å². The minimum absolute atomic E-state index is 0.0825. The average molecular weight is 633 g/mol. The maximum Gasteiger partial charge on any atom is 0.323 e. The van der Waals surface area contributed by atoms with Crippen molar-refractivity contribution in [2.75, 3.05) is 18.9 Å². The summed E-state index contributed by atoms with van der Waals surface area (Å²) in [4.78, 5) is 24.8. The van der Waals surface area contributed by atoms with Gasteiger partial charge in [-0.15, -0.1) is 0 Å². The van der Waals surface area contributed by atoms with Gasteiger partial charge in [0, 0.05) is 0 Å². The van der Waals surface area contributed by atoms with Gasteiger partial charge < -0.3 is 34.1 Å². The summed E-state index contributed by atoms with van der Waals surface area (Å²) in [6.07, 6.45) is -3.91. The number of halogens is 2. The lowest BCUT2D eigenvalue weighted by Crippen LogP contribution is -2.40. The Balaban J connectivity index is 1.56. The van der Waals surface area contributed by atoms with Gasteiger partial charge in [0.15, 0.2) is 17.4 Å². The lowest BCUT2D eigenvalue weighted by atomic mass is 10.1. The molecule has 4 rings (SSSR count). The largest absolute Gasteiger partial charge is 0.476 e. The molecule has 0 aliphatic carbocycles. The number of aliphatic hydroxyl groups excluding tert-OH is 1. The number of nitrogens with zero attached hydrogens (tertiary/aromatic N) is 4. The van der Waals surface area contributed by atoms with Crippen LogP contribution in [0.3, 0.4) is 0 Å². The number of hydrogen-bond acceptors (Lipinski definition) is 12. The van der Waals surface area contributed by atoms with Crippen LogP contribution in [0.4, 0.5) is 10.3 Å². The molecule has 41 heavy (non-hydrogen) atoms. The van der Waals surface area contributed by atoms with Crippen LogP contribution in [0.15, 0.2) is 36.7 Å². The molecule has 2 aromatic heterocycles. The number of para-hydroxylation sites is 1. The number of carbonyl (C=O) groups excluding carboxylic acids is 1. The van der Waals surface area contributed by atoms with E-state index >= 15 is 4.39 Å². The van der Waals surface area contributed by atoms with Gasteiger partial charge in [-0.05, 0) is 51.6 Å². The van der Waals surface area contributed by atoms with Crippen LogP contribution in [0.2, 0.25) is 0 Å². The Morgan fingerprint density at radius 2 is 2.05 bits per heavy atom. The third-order valence-electron chi connectivity index (χ3n) is 5.75. The molecule has 3 aromatic rings. The zero-order valence-corrected chi connectivity index (χ0v) is 25.1. The molecule has 0 radical (unpaired) electrons. The number of nitrogens with one attached hydrogen (secondary N) is 1. The van der Waals surface area contributed by atoms with Crippen molar-refractivity contribution in [3.63, 3.8) is 0 Å². The van der Waals surface area contributed by atoms with Crippen LogP contribution in [-0.2, 0) is 30.6 Å². The van der Waals surface area contributed by atoms with Gasteiger partial charge in [-0.25, -0.2) is 14.5 Å². The molecule has 0 bridgehead atoms. The SMILES string of the molecule is CCOc1nc(N)nc2c1ncn2[C@@H]1O[C@H](COP(=S)(N[C@@H](C)C(=O)OC(C)C)Oc2ccccc2)[C@@H](O)[C@]1(F)Cl. The van der Waals surface area contributed by atoms with E-state index in [1.54, 1.807) is 58.0 Å². The van der Waals surface area contributed by atoms with Crippen LogP contribution < -0.4 is 20.1 Å². The maximum absolute atomic E-state index is 15.8. The third kappa shape index (κ3) is 7.05. The van der Waals surface area contributed by atoms with Crippen LogP contribution in [0, 0.1) is 0 Å². The Kier molecular flexibility index (Phi) is 9.69. The molecule has 0 saturated carbocycles. The van der Waals surface area contributed by atoms with Crippen molar-refractivity contribution in [3.05, 3.63) is 36.7 Å². The molecule has 13 nitrogen and oxygen atoms in total. The van der Waals surface area contributed by atoms with Crippen molar-refractivity contribution in [3.8, 4) is 11.6 Å². The van der Waals surface area contributed by atoms with Gasteiger partial charge in [0.2, 0.25) is 11.8 Å². The topological polar surface area (TPSA) is 165 Å². The standard InChI is InChI=1S/C24H31ClFN6O7PS/c1-5-35-20-17-19(29-23(27)30-20)32(12-28-17)22-24(25,26)18(33)16(38-22)11-36-40(41,39-15-9-7-6-8-10-15)31-14(4)21(34)37-13(2)3/h6-10,12-14,16,18,22,33H,5,11H2,1-4H3,(H,31,41)(H2,27,29,30)/t14-,16+,18+,22+,24+,40?/m0/s1. The molecule has 1 aliphatic rings. The van der Waals surface area contributed by atoms with E-state index in [1.807, 2.05) is 0 Å². The van der Waals surface area contributed by atoms with Crippen molar-refractivity contribution in [1.29, 1.82) is 0 Å². The van der Waals surface area contributed by atoms with E-state index in [0.29, 0.717) is 5.75 Å². The van der Waals surface area contributed by atoms with Gasteiger partial charge in [0.05, 0.1) is 25.6 Å². The molecule has 6 atom stereocenters. The van der Waals surface area contributed by atoms with Crippen LogP contribution in [0.1, 0.15) is 33.9 Å². The smallest absolute Gasteiger partial charge is 0.323 e. The molecule has 1 aliphatic heterocycles. The van der Waals surface area contributed by atoms with E-state index in [2.05, 4.69) is 20.0 Å². The molecular weight excluding hydrogens is 602 g/mol.